The van der Waals surface area contributed by atoms with E-state index in [2.05, 4.69) is 5.32 Å². The second kappa shape index (κ2) is 4.66. The van der Waals surface area contributed by atoms with Crippen molar-refractivity contribution in [2.75, 3.05) is 13.1 Å². The number of nitrogens with one attached hydrogen (secondary N) is 1. The Morgan fingerprint density at radius 3 is 2.95 bits per heavy atom. The van der Waals surface area contributed by atoms with Crippen molar-refractivity contribution >= 4 is 11.8 Å². The van der Waals surface area contributed by atoms with Gasteiger partial charge in [0, 0.05) is 6.42 Å². The standard InChI is InChI=1S/C14H16N2O3/c1-9-14(18)16(13(17)7-15-9)8-11-6-10-4-2-3-5-12(10)19-11/h2-5,9,11,15H,6-8H2,1H3. The molecule has 5 nitrogen and oxygen atoms in total. The molecule has 0 aliphatic carbocycles. The first-order chi connectivity index (χ1) is 9.15. The van der Waals surface area contributed by atoms with Crippen LogP contribution in [-0.2, 0) is 16.0 Å². The third-order valence-corrected chi connectivity index (χ3v) is 3.60. The number of fused-ring (bicyclic) bond motifs is 1. The Bertz CT molecular complexity index is 504. The zero-order valence-electron chi connectivity index (χ0n) is 10.8. The molecule has 3 rings (SSSR count). The summed E-state index contributed by atoms with van der Waals surface area (Å²) in [6.45, 7) is 2.32. The molecule has 2 aliphatic heterocycles. The number of carbonyl (C=O) groups excluding carboxylic acids is 2. The summed E-state index contributed by atoms with van der Waals surface area (Å²) < 4.78 is 5.78. The predicted octanol–water partition coefficient (Wildman–Crippen LogP) is 0.337. The molecule has 0 radical (unpaired) electrons. The number of hydrogen-bond acceptors (Lipinski definition) is 4. The van der Waals surface area contributed by atoms with Gasteiger partial charge in [0.1, 0.15) is 11.9 Å². The van der Waals surface area contributed by atoms with Gasteiger partial charge in [-0.2, -0.15) is 0 Å². The van der Waals surface area contributed by atoms with Crippen molar-refractivity contribution in [2.45, 2.75) is 25.5 Å². The first-order valence-electron chi connectivity index (χ1n) is 6.47. The zero-order chi connectivity index (χ0) is 13.4. The molecular weight excluding hydrogens is 244 g/mol. The molecular formula is C14H16N2O3. The molecule has 2 unspecified atom stereocenters. The molecule has 2 amide bonds. The van der Waals surface area contributed by atoms with Crippen molar-refractivity contribution < 1.29 is 14.3 Å². The Balaban J connectivity index is 1.70. The molecule has 0 saturated carbocycles. The molecule has 1 aromatic carbocycles. The molecule has 0 spiro atoms. The quantitative estimate of drug-likeness (QED) is 0.779. The lowest BCUT2D eigenvalue weighted by Gasteiger charge is -2.31. The van der Waals surface area contributed by atoms with Crippen molar-refractivity contribution in [3.8, 4) is 5.75 Å². The summed E-state index contributed by atoms with van der Waals surface area (Å²) >= 11 is 0. The first kappa shape index (κ1) is 12.2. The monoisotopic (exact) mass is 260 g/mol. The lowest BCUT2D eigenvalue weighted by Crippen LogP contribution is -2.58. The number of piperazine rings is 1. The lowest BCUT2D eigenvalue weighted by molar-refractivity contribution is -0.150. The molecule has 2 heterocycles. The lowest BCUT2D eigenvalue weighted by atomic mass is 10.1. The van der Waals surface area contributed by atoms with Crippen LogP contribution in [0.4, 0.5) is 0 Å². The molecule has 100 valence electrons. The van der Waals surface area contributed by atoms with E-state index in [0.717, 1.165) is 17.7 Å². The van der Waals surface area contributed by atoms with Crippen molar-refractivity contribution in [1.29, 1.82) is 0 Å². The van der Waals surface area contributed by atoms with E-state index in [1.807, 2.05) is 24.3 Å². The number of amides is 2. The fourth-order valence-corrected chi connectivity index (χ4v) is 2.53. The van der Waals surface area contributed by atoms with Crippen molar-refractivity contribution in [3.63, 3.8) is 0 Å². The normalized spacial score (nSPS) is 26.3. The molecule has 1 aromatic rings. The van der Waals surface area contributed by atoms with Gasteiger partial charge in [-0.3, -0.25) is 19.8 Å². The van der Waals surface area contributed by atoms with Gasteiger partial charge in [0.05, 0.1) is 19.1 Å². The van der Waals surface area contributed by atoms with Gasteiger partial charge < -0.3 is 4.74 Å². The number of para-hydroxylation sites is 1. The Labute approximate surface area is 111 Å². The molecule has 19 heavy (non-hydrogen) atoms. The van der Waals surface area contributed by atoms with Crippen LogP contribution in [0.25, 0.3) is 0 Å². The molecule has 2 aliphatic rings. The fourth-order valence-electron chi connectivity index (χ4n) is 2.53. The Morgan fingerprint density at radius 2 is 2.16 bits per heavy atom. The van der Waals surface area contributed by atoms with Gasteiger partial charge in [-0.25, -0.2) is 0 Å². The highest BCUT2D eigenvalue weighted by molar-refractivity contribution is 6.01. The minimum atomic E-state index is -0.304. The maximum atomic E-state index is 12.0. The highest BCUT2D eigenvalue weighted by atomic mass is 16.5. The largest absolute Gasteiger partial charge is 0.488 e. The van der Waals surface area contributed by atoms with Crippen molar-refractivity contribution in [1.82, 2.24) is 10.2 Å². The molecule has 0 bridgehead atoms. The van der Waals surface area contributed by atoms with Crippen LogP contribution in [0.1, 0.15) is 12.5 Å². The van der Waals surface area contributed by atoms with Crippen LogP contribution in [-0.4, -0.2) is 41.9 Å². The zero-order valence-corrected chi connectivity index (χ0v) is 10.8. The smallest absolute Gasteiger partial charge is 0.246 e. The average molecular weight is 260 g/mol. The number of nitrogens with zero attached hydrogens (tertiary/aromatic N) is 1. The summed E-state index contributed by atoms with van der Waals surface area (Å²) in [5, 5.41) is 2.87. The third-order valence-electron chi connectivity index (χ3n) is 3.60. The fraction of sp³-hybridized carbons (Fsp3) is 0.429. The summed E-state index contributed by atoms with van der Waals surface area (Å²) in [5.41, 5.74) is 1.13. The number of rotatable bonds is 2. The predicted molar refractivity (Wildman–Crippen MR) is 68.7 cm³/mol. The van der Waals surface area contributed by atoms with Crippen LogP contribution < -0.4 is 10.1 Å². The van der Waals surface area contributed by atoms with Crippen LogP contribution in [0.3, 0.4) is 0 Å². The highest BCUT2D eigenvalue weighted by Gasteiger charge is 2.34. The van der Waals surface area contributed by atoms with Crippen molar-refractivity contribution in [2.24, 2.45) is 0 Å². The van der Waals surface area contributed by atoms with E-state index >= 15 is 0 Å². The summed E-state index contributed by atoms with van der Waals surface area (Å²) in [6, 6.07) is 7.51. The van der Waals surface area contributed by atoms with E-state index in [9.17, 15) is 9.59 Å². The van der Waals surface area contributed by atoms with Crippen LogP contribution >= 0.6 is 0 Å². The number of hydrogen-bond donors (Lipinski definition) is 1. The van der Waals surface area contributed by atoms with E-state index in [4.69, 9.17) is 4.74 Å². The van der Waals surface area contributed by atoms with Crippen LogP contribution in [0.15, 0.2) is 24.3 Å². The SMILES string of the molecule is CC1NCC(=O)N(CC2Cc3ccccc3O2)C1=O. The number of ether oxygens (including phenoxy) is 1. The van der Waals surface area contributed by atoms with Gasteiger partial charge >= 0.3 is 0 Å². The number of imide groups is 1. The Kier molecular flexibility index (Phi) is 2.98. The number of carbonyl (C=O) groups is 2. The average Bonchev–Trinajstić information content (AvgIpc) is 2.81. The number of benzene rings is 1. The van der Waals surface area contributed by atoms with Crippen LogP contribution in [0.2, 0.25) is 0 Å². The van der Waals surface area contributed by atoms with Gasteiger partial charge in [-0.15, -0.1) is 0 Å². The van der Waals surface area contributed by atoms with Gasteiger partial charge in [0.15, 0.2) is 0 Å². The third kappa shape index (κ3) is 2.21. The first-order valence-corrected chi connectivity index (χ1v) is 6.47. The Morgan fingerprint density at radius 1 is 1.37 bits per heavy atom. The van der Waals surface area contributed by atoms with Crippen LogP contribution in [0.5, 0.6) is 5.75 Å². The van der Waals surface area contributed by atoms with Gasteiger partial charge in [-0.05, 0) is 18.6 Å². The summed E-state index contributed by atoms with van der Waals surface area (Å²) in [4.78, 5) is 25.1. The van der Waals surface area contributed by atoms with E-state index < -0.39 is 0 Å². The molecule has 1 N–H and O–H groups in total. The van der Waals surface area contributed by atoms with E-state index in [-0.39, 0.29) is 30.5 Å². The molecule has 1 fully saturated rings. The topological polar surface area (TPSA) is 58.6 Å². The maximum absolute atomic E-state index is 12.0. The highest BCUT2D eigenvalue weighted by Crippen LogP contribution is 2.28. The van der Waals surface area contributed by atoms with E-state index in [0.29, 0.717) is 6.54 Å². The van der Waals surface area contributed by atoms with Crippen molar-refractivity contribution in [3.05, 3.63) is 29.8 Å². The van der Waals surface area contributed by atoms with Crippen LogP contribution in [0, 0.1) is 0 Å². The van der Waals surface area contributed by atoms with Gasteiger partial charge in [0.2, 0.25) is 11.8 Å². The van der Waals surface area contributed by atoms with E-state index in [1.165, 1.54) is 4.90 Å². The maximum Gasteiger partial charge on any atom is 0.246 e. The Hall–Kier alpha value is -1.88. The second-order valence-electron chi connectivity index (χ2n) is 5.00. The minimum Gasteiger partial charge on any atom is -0.488 e. The van der Waals surface area contributed by atoms with Gasteiger partial charge in [-0.1, -0.05) is 18.2 Å². The second-order valence-corrected chi connectivity index (χ2v) is 5.00. The molecule has 2 atom stereocenters. The summed E-state index contributed by atoms with van der Waals surface area (Å²) in [5.74, 6) is 0.508. The molecule has 1 saturated heterocycles. The molecule has 5 heteroatoms. The summed E-state index contributed by atoms with van der Waals surface area (Å²) in [6.07, 6.45) is 0.616. The van der Waals surface area contributed by atoms with E-state index in [1.54, 1.807) is 6.92 Å². The summed E-state index contributed by atoms with van der Waals surface area (Å²) in [7, 11) is 0. The van der Waals surface area contributed by atoms with Gasteiger partial charge in [0.25, 0.3) is 0 Å². The molecule has 0 aromatic heterocycles. The minimum absolute atomic E-state index is 0.129.